The Morgan fingerprint density at radius 1 is 1.36 bits per heavy atom. The maximum absolute atomic E-state index is 5.68. The molecule has 0 amide bonds. The van der Waals surface area contributed by atoms with Crippen LogP contribution < -0.4 is 5.32 Å². The Kier molecular flexibility index (Phi) is 3.76. The largest absolute Gasteiger partial charge is 0.384 e. The summed E-state index contributed by atoms with van der Waals surface area (Å²) in [4.78, 5) is 4.00. The van der Waals surface area contributed by atoms with E-state index in [0.717, 1.165) is 18.7 Å². The molecule has 3 heteroatoms. The lowest BCUT2D eigenvalue weighted by Crippen LogP contribution is -2.12. The molecule has 0 aliphatic heterocycles. The summed E-state index contributed by atoms with van der Waals surface area (Å²) < 4.78 is 0. The summed E-state index contributed by atoms with van der Waals surface area (Å²) in [5, 5.41) is 3.84. The van der Waals surface area contributed by atoms with Gasteiger partial charge in [-0.25, -0.2) is 4.98 Å². The molecule has 1 aromatic heterocycles. The molecule has 1 heterocycles. The van der Waals surface area contributed by atoms with Crippen LogP contribution in [0.3, 0.4) is 0 Å². The summed E-state index contributed by atoms with van der Waals surface area (Å²) in [5.41, 5.74) is 1.39. The van der Waals surface area contributed by atoms with Gasteiger partial charge >= 0.3 is 0 Å². The Morgan fingerprint density at radius 3 is 2.57 bits per heavy atom. The lowest BCUT2D eigenvalue weighted by molar-refractivity contribution is 0.390. The Morgan fingerprint density at radius 2 is 2.07 bits per heavy atom. The van der Waals surface area contributed by atoms with Crippen LogP contribution in [0.15, 0.2) is 18.3 Å². The number of halogens is 1. The average Bonchev–Trinajstić information content (AvgIpc) is 2.06. The smallest absolute Gasteiger partial charge is 0.129 e. The predicted octanol–water partition coefficient (Wildman–Crippen LogP) is 3.58. The van der Waals surface area contributed by atoms with E-state index in [-0.39, 0.29) is 0 Å². The van der Waals surface area contributed by atoms with Crippen LogP contribution in [0.2, 0.25) is 5.15 Å². The summed E-state index contributed by atoms with van der Waals surface area (Å²) in [6, 6.07) is 3.74. The third-order valence-corrected chi connectivity index (χ3v) is 2.16. The van der Waals surface area contributed by atoms with Crippen molar-refractivity contribution < 1.29 is 0 Å². The highest BCUT2D eigenvalue weighted by Crippen LogP contribution is 2.18. The fraction of sp³-hybridized carbons (Fsp3) is 0.545. The van der Waals surface area contributed by atoms with E-state index in [4.69, 9.17) is 11.6 Å². The van der Waals surface area contributed by atoms with Crippen molar-refractivity contribution >= 4 is 17.3 Å². The first-order chi connectivity index (χ1) is 6.47. The minimum absolute atomic E-state index is 0.368. The zero-order chi connectivity index (χ0) is 10.6. The second kappa shape index (κ2) is 4.65. The fourth-order valence-electron chi connectivity index (χ4n) is 1.06. The van der Waals surface area contributed by atoms with Gasteiger partial charge in [-0.2, -0.15) is 0 Å². The van der Waals surface area contributed by atoms with Crippen LogP contribution in [0.5, 0.6) is 0 Å². The number of hydrogen-bond acceptors (Lipinski definition) is 2. The van der Waals surface area contributed by atoms with Crippen molar-refractivity contribution in [2.75, 3.05) is 11.9 Å². The van der Waals surface area contributed by atoms with Crippen molar-refractivity contribution in [1.29, 1.82) is 0 Å². The van der Waals surface area contributed by atoms with Crippen LogP contribution in [-0.4, -0.2) is 11.5 Å². The highest BCUT2D eigenvalue weighted by atomic mass is 35.5. The van der Waals surface area contributed by atoms with E-state index in [1.807, 2.05) is 6.07 Å². The Bertz CT molecular complexity index is 274. The molecular weight excluding hydrogens is 196 g/mol. The van der Waals surface area contributed by atoms with Gasteiger partial charge < -0.3 is 5.32 Å². The molecular formula is C11H17ClN2. The molecule has 0 aromatic carbocycles. The highest BCUT2D eigenvalue weighted by molar-refractivity contribution is 6.29. The first-order valence-corrected chi connectivity index (χ1v) is 5.21. The van der Waals surface area contributed by atoms with Crippen LogP contribution in [0.1, 0.15) is 27.2 Å². The molecule has 1 N–H and O–H groups in total. The number of pyridine rings is 1. The molecule has 0 spiro atoms. The summed E-state index contributed by atoms with van der Waals surface area (Å²) in [6.45, 7) is 7.66. The van der Waals surface area contributed by atoms with Crippen LogP contribution in [0.25, 0.3) is 0 Å². The second-order valence-electron chi connectivity index (χ2n) is 4.61. The molecule has 2 nitrogen and oxygen atoms in total. The summed E-state index contributed by atoms with van der Waals surface area (Å²) >= 11 is 5.68. The van der Waals surface area contributed by atoms with Crippen molar-refractivity contribution in [3.63, 3.8) is 0 Å². The van der Waals surface area contributed by atoms with E-state index < -0.39 is 0 Å². The average molecular weight is 213 g/mol. The molecule has 1 aromatic rings. The fourth-order valence-corrected chi connectivity index (χ4v) is 1.17. The molecule has 0 saturated carbocycles. The molecule has 0 aliphatic rings. The quantitative estimate of drug-likeness (QED) is 0.775. The van der Waals surface area contributed by atoms with Gasteiger partial charge in [-0.3, -0.25) is 0 Å². The van der Waals surface area contributed by atoms with Gasteiger partial charge in [0, 0.05) is 6.54 Å². The third kappa shape index (κ3) is 4.47. The molecule has 0 saturated heterocycles. The molecule has 1 rings (SSSR count). The van der Waals surface area contributed by atoms with E-state index in [0.29, 0.717) is 10.6 Å². The first kappa shape index (κ1) is 11.3. The third-order valence-electron chi connectivity index (χ3n) is 1.93. The summed E-state index contributed by atoms with van der Waals surface area (Å²) in [6.07, 6.45) is 2.89. The van der Waals surface area contributed by atoms with Gasteiger partial charge in [-0.15, -0.1) is 0 Å². The topological polar surface area (TPSA) is 24.9 Å². The van der Waals surface area contributed by atoms with E-state index in [2.05, 4.69) is 31.1 Å². The minimum Gasteiger partial charge on any atom is -0.384 e. The molecule has 0 bridgehead atoms. The van der Waals surface area contributed by atoms with Crippen molar-refractivity contribution in [3.05, 3.63) is 23.5 Å². The molecule has 78 valence electrons. The molecule has 0 atom stereocenters. The highest BCUT2D eigenvalue weighted by Gasteiger charge is 2.08. The summed E-state index contributed by atoms with van der Waals surface area (Å²) in [7, 11) is 0. The van der Waals surface area contributed by atoms with E-state index >= 15 is 0 Å². The van der Waals surface area contributed by atoms with Gasteiger partial charge in [0.25, 0.3) is 0 Å². The van der Waals surface area contributed by atoms with Crippen molar-refractivity contribution in [2.45, 2.75) is 27.2 Å². The maximum atomic E-state index is 5.68. The van der Waals surface area contributed by atoms with Gasteiger partial charge in [0.15, 0.2) is 0 Å². The monoisotopic (exact) mass is 212 g/mol. The Hall–Kier alpha value is -0.760. The normalized spacial score (nSPS) is 11.4. The van der Waals surface area contributed by atoms with E-state index in [1.165, 1.54) is 0 Å². The Balaban J connectivity index is 2.35. The van der Waals surface area contributed by atoms with Crippen molar-refractivity contribution in [1.82, 2.24) is 4.98 Å². The van der Waals surface area contributed by atoms with E-state index in [1.54, 1.807) is 12.3 Å². The number of nitrogens with one attached hydrogen (secondary N) is 1. The zero-order valence-corrected chi connectivity index (χ0v) is 9.73. The van der Waals surface area contributed by atoms with Gasteiger partial charge in [0.05, 0.1) is 11.9 Å². The van der Waals surface area contributed by atoms with Crippen LogP contribution >= 0.6 is 11.6 Å². The Labute approximate surface area is 90.7 Å². The first-order valence-electron chi connectivity index (χ1n) is 4.83. The molecule has 0 aliphatic carbocycles. The van der Waals surface area contributed by atoms with Gasteiger partial charge in [0.1, 0.15) is 5.15 Å². The zero-order valence-electron chi connectivity index (χ0n) is 8.97. The van der Waals surface area contributed by atoms with Gasteiger partial charge in [-0.05, 0) is 24.0 Å². The summed E-state index contributed by atoms with van der Waals surface area (Å²) in [5.74, 6) is 0. The number of hydrogen-bond donors (Lipinski definition) is 1. The molecule has 0 unspecified atom stereocenters. The lowest BCUT2D eigenvalue weighted by atomic mass is 9.92. The number of anilines is 1. The number of rotatable bonds is 3. The maximum Gasteiger partial charge on any atom is 0.129 e. The number of aromatic nitrogens is 1. The molecule has 14 heavy (non-hydrogen) atoms. The SMILES string of the molecule is CC(C)(C)CCNc1ccc(Cl)nc1. The predicted molar refractivity (Wildman–Crippen MR) is 61.8 cm³/mol. The van der Waals surface area contributed by atoms with Gasteiger partial charge in [0.2, 0.25) is 0 Å². The number of nitrogens with zero attached hydrogens (tertiary/aromatic N) is 1. The molecule has 0 radical (unpaired) electrons. The second-order valence-corrected chi connectivity index (χ2v) is 4.99. The van der Waals surface area contributed by atoms with Crippen LogP contribution in [0.4, 0.5) is 5.69 Å². The standard InChI is InChI=1S/C11H17ClN2/c1-11(2,3)6-7-13-9-4-5-10(12)14-8-9/h4-5,8,13H,6-7H2,1-3H3. The van der Waals surface area contributed by atoms with Gasteiger partial charge in [-0.1, -0.05) is 32.4 Å². The minimum atomic E-state index is 0.368. The lowest BCUT2D eigenvalue weighted by Gasteiger charge is -2.18. The van der Waals surface area contributed by atoms with E-state index in [9.17, 15) is 0 Å². The van der Waals surface area contributed by atoms with Crippen LogP contribution in [0, 0.1) is 5.41 Å². The van der Waals surface area contributed by atoms with Crippen molar-refractivity contribution in [2.24, 2.45) is 5.41 Å². The van der Waals surface area contributed by atoms with Crippen LogP contribution in [-0.2, 0) is 0 Å². The van der Waals surface area contributed by atoms with Crippen molar-refractivity contribution in [3.8, 4) is 0 Å². The molecule has 0 fully saturated rings.